The van der Waals surface area contributed by atoms with E-state index in [4.69, 9.17) is 5.73 Å². The summed E-state index contributed by atoms with van der Waals surface area (Å²) in [6.07, 6.45) is 2.09. The Morgan fingerprint density at radius 3 is 2.89 bits per heavy atom. The topological polar surface area (TPSA) is 63.4 Å². The summed E-state index contributed by atoms with van der Waals surface area (Å²) in [7, 11) is -3.19. The SMILES string of the molecule is Nc1ccc2c(c1)N(S(=O)(=O)CC1CC1)CCS2. The molecule has 4 nitrogen and oxygen atoms in total. The Hall–Kier alpha value is -0.880. The molecule has 1 aromatic rings. The molecule has 6 heteroatoms. The van der Waals surface area contributed by atoms with Gasteiger partial charge in [0.25, 0.3) is 0 Å². The Balaban J connectivity index is 1.97. The molecule has 3 rings (SSSR count). The van der Waals surface area contributed by atoms with E-state index < -0.39 is 10.0 Å². The molecular weight excluding hydrogens is 268 g/mol. The van der Waals surface area contributed by atoms with Gasteiger partial charge in [-0.1, -0.05) is 0 Å². The van der Waals surface area contributed by atoms with Crippen molar-refractivity contribution < 1.29 is 8.42 Å². The first kappa shape index (κ1) is 12.2. The number of nitrogens with zero attached hydrogens (tertiary/aromatic N) is 1. The number of nitrogens with two attached hydrogens (primary N) is 1. The standard InChI is InChI=1S/C12H16N2O2S2/c13-10-3-4-12-11(7-10)14(5-6-17-12)18(15,16)8-9-1-2-9/h3-4,7,9H,1-2,5-6,8,13H2. The van der Waals surface area contributed by atoms with Gasteiger partial charge in [-0.15, -0.1) is 11.8 Å². The largest absolute Gasteiger partial charge is 0.399 e. The number of hydrogen-bond acceptors (Lipinski definition) is 4. The second-order valence-electron chi connectivity index (χ2n) is 4.87. The van der Waals surface area contributed by atoms with Crippen LogP contribution in [0, 0.1) is 5.92 Å². The Morgan fingerprint density at radius 2 is 2.17 bits per heavy atom. The molecule has 0 spiro atoms. The van der Waals surface area contributed by atoms with E-state index in [9.17, 15) is 8.42 Å². The predicted octanol–water partition coefficient (Wildman–Crippen LogP) is 1.92. The average molecular weight is 284 g/mol. The zero-order valence-corrected chi connectivity index (χ0v) is 11.6. The fraction of sp³-hybridized carbons (Fsp3) is 0.500. The van der Waals surface area contributed by atoms with Crippen molar-refractivity contribution in [2.75, 3.05) is 28.1 Å². The lowest BCUT2D eigenvalue weighted by molar-refractivity contribution is 0.587. The summed E-state index contributed by atoms with van der Waals surface area (Å²) >= 11 is 1.69. The van der Waals surface area contributed by atoms with Crippen molar-refractivity contribution in [3.63, 3.8) is 0 Å². The minimum Gasteiger partial charge on any atom is -0.399 e. The molecule has 1 aromatic carbocycles. The van der Waals surface area contributed by atoms with Crippen molar-refractivity contribution >= 4 is 33.2 Å². The molecule has 1 heterocycles. The van der Waals surface area contributed by atoms with Crippen LogP contribution < -0.4 is 10.0 Å². The van der Waals surface area contributed by atoms with Gasteiger partial charge in [0, 0.05) is 22.9 Å². The molecule has 0 radical (unpaired) electrons. The summed E-state index contributed by atoms with van der Waals surface area (Å²) in [5.74, 6) is 1.46. The minimum absolute atomic E-state index is 0.284. The average Bonchev–Trinajstić information content (AvgIpc) is 3.11. The number of thioether (sulfide) groups is 1. The quantitative estimate of drug-likeness (QED) is 0.861. The van der Waals surface area contributed by atoms with Gasteiger partial charge in [-0.25, -0.2) is 8.42 Å². The maximum atomic E-state index is 12.4. The molecule has 2 aliphatic rings. The van der Waals surface area contributed by atoms with Crippen LogP contribution in [0.25, 0.3) is 0 Å². The summed E-state index contributed by atoms with van der Waals surface area (Å²) in [5, 5.41) is 0. The van der Waals surface area contributed by atoms with Crippen LogP contribution in [-0.2, 0) is 10.0 Å². The van der Waals surface area contributed by atoms with Gasteiger partial charge in [-0.3, -0.25) is 4.31 Å². The van der Waals surface area contributed by atoms with Gasteiger partial charge in [0.15, 0.2) is 0 Å². The lowest BCUT2D eigenvalue weighted by Gasteiger charge is -2.30. The van der Waals surface area contributed by atoms with Crippen molar-refractivity contribution in [2.24, 2.45) is 5.92 Å². The highest BCUT2D eigenvalue weighted by Gasteiger charge is 2.34. The lowest BCUT2D eigenvalue weighted by Crippen LogP contribution is -2.37. The first-order valence-corrected chi connectivity index (χ1v) is 8.68. The highest BCUT2D eigenvalue weighted by Crippen LogP contribution is 2.39. The second-order valence-corrected chi connectivity index (χ2v) is 7.94. The number of fused-ring (bicyclic) bond motifs is 1. The summed E-state index contributed by atoms with van der Waals surface area (Å²) < 4.78 is 26.3. The van der Waals surface area contributed by atoms with Gasteiger partial charge in [-0.05, 0) is 37.0 Å². The fourth-order valence-electron chi connectivity index (χ4n) is 2.17. The highest BCUT2D eigenvalue weighted by molar-refractivity contribution is 8.00. The van der Waals surface area contributed by atoms with E-state index in [1.807, 2.05) is 12.1 Å². The summed E-state index contributed by atoms with van der Waals surface area (Å²) in [5.41, 5.74) is 7.14. The molecule has 0 atom stereocenters. The van der Waals surface area contributed by atoms with Crippen LogP contribution in [0.2, 0.25) is 0 Å². The lowest BCUT2D eigenvalue weighted by atomic mass is 10.3. The third kappa shape index (κ3) is 2.31. The molecule has 1 aliphatic carbocycles. The first-order chi connectivity index (χ1) is 8.56. The second kappa shape index (κ2) is 4.35. The van der Waals surface area contributed by atoms with E-state index in [1.54, 1.807) is 22.1 Å². The Labute approximate surface area is 112 Å². The summed E-state index contributed by atoms with van der Waals surface area (Å²) in [6, 6.07) is 5.50. The molecule has 0 aromatic heterocycles. The van der Waals surface area contributed by atoms with Crippen LogP contribution in [0.15, 0.2) is 23.1 Å². The van der Waals surface area contributed by atoms with E-state index >= 15 is 0 Å². The first-order valence-electron chi connectivity index (χ1n) is 6.09. The number of rotatable bonds is 3. The summed E-state index contributed by atoms with van der Waals surface area (Å²) in [6.45, 7) is 0.552. The third-order valence-electron chi connectivity index (χ3n) is 3.28. The predicted molar refractivity (Wildman–Crippen MR) is 75.4 cm³/mol. The van der Waals surface area contributed by atoms with Gasteiger partial charge in [0.2, 0.25) is 10.0 Å². The van der Waals surface area contributed by atoms with E-state index in [-0.39, 0.29) is 5.75 Å². The molecule has 0 unspecified atom stereocenters. The number of sulfonamides is 1. The van der Waals surface area contributed by atoms with Crippen LogP contribution in [0.3, 0.4) is 0 Å². The molecule has 1 saturated carbocycles. The summed E-state index contributed by atoms with van der Waals surface area (Å²) in [4.78, 5) is 1.01. The van der Waals surface area contributed by atoms with Crippen molar-refractivity contribution in [3.05, 3.63) is 18.2 Å². The van der Waals surface area contributed by atoms with Gasteiger partial charge < -0.3 is 5.73 Å². The Kier molecular flexibility index (Phi) is 2.94. The zero-order valence-electron chi connectivity index (χ0n) is 10.0. The van der Waals surface area contributed by atoms with Crippen molar-refractivity contribution in [1.82, 2.24) is 0 Å². The molecule has 1 aliphatic heterocycles. The molecule has 0 saturated heterocycles. The molecule has 1 fully saturated rings. The molecule has 0 bridgehead atoms. The van der Waals surface area contributed by atoms with Gasteiger partial charge in [0.1, 0.15) is 0 Å². The molecule has 98 valence electrons. The van der Waals surface area contributed by atoms with Gasteiger partial charge in [0.05, 0.1) is 11.4 Å². The van der Waals surface area contributed by atoms with E-state index in [0.29, 0.717) is 18.2 Å². The zero-order chi connectivity index (χ0) is 12.8. The molecule has 0 amide bonds. The Morgan fingerprint density at radius 1 is 1.39 bits per heavy atom. The van der Waals surface area contributed by atoms with Crippen molar-refractivity contribution in [1.29, 1.82) is 0 Å². The number of benzene rings is 1. The van der Waals surface area contributed by atoms with Crippen molar-refractivity contribution in [2.45, 2.75) is 17.7 Å². The molecule has 2 N–H and O–H groups in total. The number of anilines is 2. The van der Waals surface area contributed by atoms with Gasteiger partial charge in [-0.2, -0.15) is 0 Å². The Bertz CT molecular complexity index is 567. The third-order valence-corrected chi connectivity index (χ3v) is 6.27. The van der Waals surface area contributed by atoms with E-state index in [2.05, 4.69) is 0 Å². The van der Waals surface area contributed by atoms with Crippen molar-refractivity contribution in [3.8, 4) is 0 Å². The number of hydrogen-bond donors (Lipinski definition) is 1. The maximum absolute atomic E-state index is 12.4. The van der Waals surface area contributed by atoms with Crippen LogP contribution in [0.1, 0.15) is 12.8 Å². The van der Waals surface area contributed by atoms with Crippen LogP contribution in [0.5, 0.6) is 0 Å². The molecule has 18 heavy (non-hydrogen) atoms. The number of nitrogen functional groups attached to an aromatic ring is 1. The monoisotopic (exact) mass is 284 g/mol. The smallest absolute Gasteiger partial charge is 0.235 e. The normalized spacial score (nSPS) is 19.7. The van der Waals surface area contributed by atoms with E-state index in [1.165, 1.54) is 0 Å². The maximum Gasteiger partial charge on any atom is 0.235 e. The molecular formula is C12H16N2O2S2. The highest BCUT2D eigenvalue weighted by atomic mass is 32.2. The fourth-order valence-corrected chi connectivity index (χ4v) is 5.25. The minimum atomic E-state index is -3.19. The van der Waals surface area contributed by atoms with Crippen LogP contribution in [0.4, 0.5) is 11.4 Å². The van der Waals surface area contributed by atoms with Crippen LogP contribution >= 0.6 is 11.8 Å². The van der Waals surface area contributed by atoms with Gasteiger partial charge >= 0.3 is 0 Å². The van der Waals surface area contributed by atoms with E-state index in [0.717, 1.165) is 29.2 Å². The van der Waals surface area contributed by atoms with Crippen LogP contribution in [-0.4, -0.2) is 26.5 Å².